The minimum Gasteiger partial charge on any atom is -0.790 e. The lowest BCUT2D eigenvalue weighted by molar-refractivity contribution is -0.343. The summed E-state index contributed by atoms with van der Waals surface area (Å²) in [4.78, 5) is 72.5. The van der Waals surface area contributed by atoms with Crippen LogP contribution in [0.2, 0.25) is 0 Å². The Kier molecular flexibility index (Phi) is 12.8. The van der Waals surface area contributed by atoms with Crippen molar-refractivity contribution in [3.8, 4) is 0 Å². The smallest absolute Gasteiger partial charge is 0.406 e. The number of phosphoric acid groups is 1. The van der Waals surface area contributed by atoms with Crippen molar-refractivity contribution in [1.82, 2.24) is 34.2 Å². The number of methoxy groups -OCH3 is 1. The van der Waals surface area contributed by atoms with Crippen molar-refractivity contribution in [3.05, 3.63) is 39.4 Å². The van der Waals surface area contributed by atoms with Gasteiger partial charge in [-0.25, -0.2) is 19.4 Å². The average molecular weight is 793 g/mol. The quantitative estimate of drug-likeness (QED) is 0.0521. The number of phosphoric ester groups is 1. The first-order valence-corrected chi connectivity index (χ1v) is 18.8. The second kappa shape index (κ2) is 16.8. The molecule has 53 heavy (non-hydrogen) atoms. The Hall–Kier alpha value is -3.68. The first-order valence-electron chi connectivity index (χ1n) is 15.8. The molecule has 5 rings (SSSR count). The fourth-order valence-electron chi connectivity index (χ4n) is 5.69. The predicted molar refractivity (Wildman–Crippen MR) is 170 cm³/mol. The van der Waals surface area contributed by atoms with Gasteiger partial charge < -0.3 is 64.7 Å². The number of aliphatic carboxylic acids is 1. The standard InChI is InChI=1S/C26H39N9O16P2/c1-46-20-19(13(10-48-53(43,44)45)50-24(20)35-11-29-16-21(35)32-25(28)33-22(16)40)51-52(42,30-7-4-2-3-5-15(36)37)47-9-12-17(38)18(39)23(49-12)34-8-6-14(27)31-26(34)41/h6,8,11-13,17-20,23-24,38-39H,2-5,7,9-10H2,1H3,(H,30,42)(H,36,37)(H2,27,31,41)(H2,43,44,45)(H3,28,32,33,40)/p-3/t12-,13-,17-,18-,19-,20-,23-,24-,52?/m1/s1. The molecule has 0 aromatic carbocycles. The largest absolute Gasteiger partial charge is 0.790 e. The number of unbranched alkanes of at least 4 members (excludes halogenated alkanes) is 2. The minimum absolute atomic E-state index is 0.0954. The number of hydrogen-bond acceptors (Lipinski definition) is 21. The highest BCUT2D eigenvalue weighted by atomic mass is 31.2. The molecule has 3 aromatic heterocycles. The van der Waals surface area contributed by atoms with E-state index < -0.39 is 95.1 Å². The number of carboxylic acids is 1. The number of aliphatic hydroxyl groups excluding tert-OH is 2. The lowest BCUT2D eigenvalue weighted by Gasteiger charge is -2.32. The number of nitrogens with two attached hydrogens (primary N) is 2. The molecule has 0 aliphatic carbocycles. The zero-order valence-corrected chi connectivity index (χ0v) is 29.5. The molecule has 2 fully saturated rings. The van der Waals surface area contributed by atoms with Crippen LogP contribution in [0.25, 0.3) is 11.2 Å². The molecule has 0 bridgehead atoms. The first-order chi connectivity index (χ1) is 25.0. The molecule has 2 aliphatic rings. The van der Waals surface area contributed by atoms with Crippen molar-refractivity contribution in [2.75, 3.05) is 38.3 Å². The van der Waals surface area contributed by atoms with E-state index in [1.54, 1.807) is 0 Å². The van der Waals surface area contributed by atoms with E-state index in [1.807, 2.05) is 0 Å². The number of aliphatic hydroxyl groups is 2. The summed E-state index contributed by atoms with van der Waals surface area (Å²) < 4.78 is 61.3. The molecule has 27 heteroatoms. The van der Waals surface area contributed by atoms with Gasteiger partial charge in [-0.3, -0.25) is 28.0 Å². The number of nitrogen functional groups attached to an aromatic ring is 2. The molecular weight excluding hydrogens is 756 g/mol. The number of nitrogens with zero attached hydrogens (tertiary/aromatic N) is 5. The Bertz CT molecular complexity index is 1970. The van der Waals surface area contributed by atoms with Crippen LogP contribution >= 0.6 is 15.6 Å². The molecule has 294 valence electrons. The van der Waals surface area contributed by atoms with E-state index in [0.29, 0.717) is 6.42 Å². The van der Waals surface area contributed by atoms with Gasteiger partial charge in [-0.05, 0) is 25.3 Å². The number of carboxylic acid groups (broad SMARTS) is 1. The van der Waals surface area contributed by atoms with Crippen molar-refractivity contribution >= 4 is 44.5 Å². The second-order valence-corrected chi connectivity index (χ2v) is 14.8. The van der Waals surface area contributed by atoms with Gasteiger partial charge in [-0.15, -0.1) is 0 Å². The molecule has 1 unspecified atom stereocenters. The number of carbonyl (C=O) groups is 1. The Balaban J connectivity index is 1.41. The third-order valence-electron chi connectivity index (χ3n) is 8.17. The number of H-pyrrole nitrogens is 1. The van der Waals surface area contributed by atoms with Crippen LogP contribution < -0.4 is 42.7 Å². The van der Waals surface area contributed by atoms with Gasteiger partial charge in [0.25, 0.3) is 5.56 Å². The van der Waals surface area contributed by atoms with Crippen LogP contribution in [-0.2, 0) is 41.7 Å². The number of hydrogen-bond donors (Lipinski definition) is 6. The molecule has 0 saturated carbocycles. The van der Waals surface area contributed by atoms with Crippen molar-refractivity contribution < 1.29 is 66.8 Å². The number of nitrogens with one attached hydrogen (secondary N) is 2. The maximum atomic E-state index is 14.4. The Morgan fingerprint density at radius 3 is 2.42 bits per heavy atom. The fraction of sp³-hybridized carbons (Fsp3) is 0.615. The van der Waals surface area contributed by atoms with Gasteiger partial charge in [0.05, 0.1) is 27.4 Å². The fourth-order valence-corrected chi connectivity index (χ4v) is 7.59. The second-order valence-electron chi connectivity index (χ2n) is 11.8. The van der Waals surface area contributed by atoms with E-state index in [-0.39, 0.29) is 48.7 Å². The number of carbonyl (C=O) groups excluding carboxylic acids is 1. The zero-order chi connectivity index (χ0) is 38.7. The van der Waals surface area contributed by atoms with Crippen LogP contribution in [0, 0.1) is 0 Å². The average Bonchev–Trinajstić information content (AvgIpc) is 3.73. The van der Waals surface area contributed by atoms with E-state index in [2.05, 4.69) is 29.5 Å². The highest BCUT2D eigenvalue weighted by Crippen LogP contribution is 2.50. The molecule has 2 saturated heterocycles. The predicted octanol–water partition coefficient (Wildman–Crippen LogP) is -4.67. The van der Waals surface area contributed by atoms with Gasteiger partial charge in [0, 0.05) is 25.8 Å². The molecule has 3 aromatic rings. The Labute approximate surface area is 298 Å². The van der Waals surface area contributed by atoms with E-state index in [0.717, 1.165) is 10.9 Å². The van der Waals surface area contributed by atoms with Crippen molar-refractivity contribution in [1.29, 1.82) is 0 Å². The molecule has 8 N–H and O–H groups in total. The molecule has 5 heterocycles. The minimum atomic E-state index is -5.61. The van der Waals surface area contributed by atoms with E-state index in [9.17, 15) is 48.6 Å². The van der Waals surface area contributed by atoms with Crippen LogP contribution in [0.4, 0.5) is 11.8 Å². The van der Waals surface area contributed by atoms with Gasteiger partial charge in [0.2, 0.25) is 5.95 Å². The van der Waals surface area contributed by atoms with Crippen LogP contribution in [0.3, 0.4) is 0 Å². The van der Waals surface area contributed by atoms with Crippen LogP contribution in [0.5, 0.6) is 0 Å². The van der Waals surface area contributed by atoms with E-state index >= 15 is 0 Å². The first kappa shape index (κ1) is 40.5. The number of anilines is 2. The maximum Gasteiger partial charge on any atom is 0.406 e. The summed E-state index contributed by atoms with van der Waals surface area (Å²) in [5, 5.41) is 34.8. The van der Waals surface area contributed by atoms with Gasteiger partial charge >= 0.3 is 13.4 Å². The van der Waals surface area contributed by atoms with Crippen molar-refractivity contribution in [3.63, 3.8) is 0 Å². The lowest BCUT2D eigenvalue weighted by Crippen LogP contribution is -2.40. The Morgan fingerprint density at radius 2 is 1.74 bits per heavy atom. The van der Waals surface area contributed by atoms with Crippen molar-refractivity contribution in [2.45, 2.75) is 74.8 Å². The molecule has 0 radical (unpaired) electrons. The van der Waals surface area contributed by atoms with Crippen LogP contribution in [-0.4, -0.2) is 109 Å². The summed E-state index contributed by atoms with van der Waals surface area (Å²) in [6.07, 6.45) is -9.21. The van der Waals surface area contributed by atoms with Crippen molar-refractivity contribution in [2.24, 2.45) is 0 Å². The van der Waals surface area contributed by atoms with Crippen LogP contribution in [0.15, 0.2) is 28.2 Å². The van der Waals surface area contributed by atoms with Gasteiger partial charge in [-0.2, -0.15) is 9.97 Å². The maximum absolute atomic E-state index is 14.4. The molecule has 25 nitrogen and oxygen atoms in total. The lowest BCUT2D eigenvalue weighted by atomic mass is 10.1. The third-order valence-corrected chi connectivity index (χ3v) is 10.3. The summed E-state index contributed by atoms with van der Waals surface area (Å²) in [6, 6.07) is 1.25. The molecular formula is C26H36N9O16P2-3. The SMILES string of the molecule is CO[C@@H]1[C@H](OP(=O)(NCCCCCC(=O)[O-])OC[C@H]2O[C@@H](n3ccc(N)nc3=O)[C@H](O)[C@@H]2O)[C@@H](COP(=O)([O-])[O-])O[C@H]1n1cnc2c(=O)[nH]c(N)nc21. The number of fused-ring (bicyclic) bond motifs is 1. The number of ether oxygens (including phenoxy) is 3. The van der Waals surface area contributed by atoms with E-state index in [4.69, 9.17) is 34.7 Å². The Morgan fingerprint density at radius 1 is 1.02 bits per heavy atom. The normalized spacial score (nSPS) is 27.3. The van der Waals surface area contributed by atoms with Crippen LogP contribution in [0.1, 0.15) is 38.1 Å². The van der Waals surface area contributed by atoms with Gasteiger partial charge in [0.15, 0.2) is 23.6 Å². The summed E-state index contributed by atoms with van der Waals surface area (Å²) in [7, 11) is -9.08. The number of rotatable bonds is 18. The summed E-state index contributed by atoms with van der Waals surface area (Å²) in [6.45, 7) is -1.83. The summed E-state index contributed by atoms with van der Waals surface area (Å²) in [5.41, 5.74) is 9.37. The molecule has 9 atom stereocenters. The molecule has 0 spiro atoms. The topological polar surface area (TPSA) is 379 Å². The summed E-state index contributed by atoms with van der Waals surface area (Å²) >= 11 is 0. The number of aromatic nitrogens is 6. The number of imidazole rings is 1. The van der Waals surface area contributed by atoms with E-state index in [1.165, 1.54) is 23.9 Å². The monoisotopic (exact) mass is 792 g/mol. The summed E-state index contributed by atoms with van der Waals surface area (Å²) in [5.74, 6) is -1.65. The zero-order valence-electron chi connectivity index (χ0n) is 27.7. The van der Waals surface area contributed by atoms with Gasteiger partial charge in [-0.1, -0.05) is 6.42 Å². The van der Waals surface area contributed by atoms with Gasteiger partial charge in [0.1, 0.15) is 42.4 Å². The highest BCUT2D eigenvalue weighted by molar-refractivity contribution is 7.51. The molecule has 0 amide bonds. The highest BCUT2D eigenvalue weighted by Gasteiger charge is 2.52. The third kappa shape index (κ3) is 9.71. The number of aromatic amines is 1. The molecule has 2 aliphatic heterocycles.